The molecule has 1 heterocycles. The highest BCUT2D eigenvalue weighted by molar-refractivity contribution is 7.18. The molecule has 4 rings (SSSR count). The average molecular weight is 520 g/mol. The number of aliphatic hydroxyl groups is 1. The van der Waals surface area contributed by atoms with E-state index in [0.717, 1.165) is 48.6 Å². The van der Waals surface area contributed by atoms with Crippen LogP contribution in [-0.2, 0) is 11.2 Å². The van der Waals surface area contributed by atoms with Crippen LogP contribution in [0.25, 0.3) is 10.2 Å². The average Bonchev–Trinajstić information content (AvgIpc) is 3.53. The summed E-state index contributed by atoms with van der Waals surface area (Å²) in [6.45, 7) is 1.87. The Bertz CT molecular complexity index is 1230. The smallest absolute Gasteiger partial charge is 0.338 e. The van der Waals surface area contributed by atoms with Crippen LogP contribution >= 0.6 is 11.3 Å². The summed E-state index contributed by atoms with van der Waals surface area (Å²) in [4.78, 5) is 16.2. The first-order chi connectivity index (χ1) is 17.3. The topological polar surface area (TPSA) is 107 Å². The lowest BCUT2D eigenvalue weighted by Crippen LogP contribution is -2.29. The molecule has 10 heteroatoms. The van der Waals surface area contributed by atoms with Crippen molar-refractivity contribution in [3.8, 4) is 17.2 Å². The van der Waals surface area contributed by atoms with Gasteiger partial charge in [-0.1, -0.05) is 12.8 Å². The van der Waals surface area contributed by atoms with E-state index in [9.17, 15) is 19.4 Å². The lowest BCUT2D eigenvalue weighted by atomic mass is 9.99. The predicted molar refractivity (Wildman–Crippen MR) is 133 cm³/mol. The van der Waals surface area contributed by atoms with Gasteiger partial charge >= 0.3 is 5.97 Å². The molecule has 194 valence electrons. The van der Waals surface area contributed by atoms with E-state index in [1.54, 1.807) is 26.4 Å². The monoisotopic (exact) mass is 519 g/mol. The second kappa shape index (κ2) is 11.0. The summed E-state index contributed by atoms with van der Waals surface area (Å²) in [5, 5.41) is 21.5. The molecule has 1 aliphatic rings. The molecule has 1 aromatic heterocycles. The Hall–Kier alpha value is -2.95. The van der Waals surface area contributed by atoms with Gasteiger partial charge in [-0.25, -0.2) is 14.2 Å². The van der Waals surface area contributed by atoms with Gasteiger partial charge in [0.05, 0.1) is 54.3 Å². The number of fused-ring (bicyclic) bond motifs is 1. The van der Waals surface area contributed by atoms with Crippen molar-refractivity contribution in [1.29, 1.82) is 0 Å². The van der Waals surface area contributed by atoms with Crippen molar-refractivity contribution >= 4 is 27.5 Å². The van der Waals surface area contributed by atoms with E-state index < -0.39 is 24.0 Å². The number of nitrogens with zero attached hydrogens (tertiary/aromatic N) is 1. The first-order valence-corrected chi connectivity index (χ1v) is 12.5. The quantitative estimate of drug-likeness (QED) is 0.382. The molecule has 1 saturated carbocycles. The molecular formula is C26H30FNO7S. The number of aromatic nitrogens is 1. The number of ether oxygens (including phenoxy) is 4. The Labute approximate surface area is 212 Å². The van der Waals surface area contributed by atoms with Crippen molar-refractivity contribution in [2.45, 2.75) is 57.3 Å². The van der Waals surface area contributed by atoms with E-state index >= 15 is 0 Å². The largest absolute Gasteiger partial charge is 0.496 e. The van der Waals surface area contributed by atoms with E-state index in [-0.39, 0.29) is 34.1 Å². The first kappa shape index (κ1) is 26.1. The third-order valence-corrected chi connectivity index (χ3v) is 7.65. The van der Waals surface area contributed by atoms with Crippen LogP contribution in [0, 0.1) is 12.7 Å². The second-order valence-corrected chi connectivity index (χ2v) is 9.89. The molecule has 36 heavy (non-hydrogen) atoms. The van der Waals surface area contributed by atoms with E-state index in [1.165, 1.54) is 7.11 Å². The molecule has 2 N–H and O–H groups in total. The number of carbonyl (C=O) groups is 1. The molecule has 0 spiro atoms. The van der Waals surface area contributed by atoms with Gasteiger partial charge in [0.25, 0.3) is 0 Å². The highest BCUT2D eigenvalue weighted by Crippen LogP contribution is 2.38. The van der Waals surface area contributed by atoms with Gasteiger partial charge in [0.2, 0.25) is 0 Å². The number of hydrogen-bond donors (Lipinski definition) is 2. The van der Waals surface area contributed by atoms with Crippen LogP contribution in [0.2, 0.25) is 0 Å². The normalized spacial score (nSPS) is 15.7. The molecule has 0 bridgehead atoms. The van der Waals surface area contributed by atoms with Crippen molar-refractivity contribution in [1.82, 2.24) is 4.98 Å². The van der Waals surface area contributed by atoms with Crippen molar-refractivity contribution in [3.63, 3.8) is 0 Å². The minimum Gasteiger partial charge on any atom is -0.496 e. The third-order valence-electron chi connectivity index (χ3n) is 6.58. The molecule has 0 unspecified atom stereocenters. The zero-order valence-electron chi connectivity index (χ0n) is 20.7. The Kier molecular flexibility index (Phi) is 7.97. The van der Waals surface area contributed by atoms with Gasteiger partial charge in [-0.15, -0.1) is 11.3 Å². The lowest BCUT2D eigenvalue weighted by molar-refractivity contribution is -0.0753. The Morgan fingerprint density at radius 3 is 2.28 bits per heavy atom. The molecule has 2 atom stereocenters. The standard InChI is InChI=1S/C26H30FNO7S/c1-13-17(32-2)9-14(10-18(13)33-3)24(29)20(35-15-7-5-6-8-15)12-21-28-23-16(26(30)31)11-19(34-4)22(27)25(23)36-21/h9-11,15,20,24,29H,5-8,12H2,1-4H3,(H,30,31)/t20-,24+/m0/s1. The van der Waals surface area contributed by atoms with Crippen LogP contribution in [0.5, 0.6) is 17.2 Å². The van der Waals surface area contributed by atoms with E-state index in [4.69, 9.17) is 18.9 Å². The van der Waals surface area contributed by atoms with Gasteiger partial charge in [0.15, 0.2) is 11.6 Å². The summed E-state index contributed by atoms with van der Waals surface area (Å²) in [6.07, 6.45) is 2.26. The molecule has 1 fully saturated rings. The van der Waals surface area contributed by atoms with E-state index in [2.05, 4.69) is 4.98 Å². The fraction of sp³-hybridized carbons (Fsp3) is 0.462. The zero-order chi connectivity index (χ0) is 26.0. The third kappa shape index (κ3) is 5.11. The van der Waals surface area contributed by atoms with Crippen LogP contribution in [0.1, 0.15) is 58.3 Å². The van der Waals surface area contributed by atoms with Crippen molar-refractivity contribution in [2.75, 3.05) is 21.3 Å². The Balaban J connectivity index is 1.73. The van der Waals surface area contributed by atoms with Gasteiger partial charge in [-0.05, 0) is 43.5 Å². The fourth-order valence-electron chi connectivity index (χ4n) is 4.64. The molecule has 8 nitrogen and oxygen atoms in total. The number of halogens is 1. The predicted octanol–water partition coefficient (Wildman–Crippen LogP) is 5.07. The number of aliphatic hydroxyl groups excluding tert-OH is 1. The summed E-state index contributed by atoms with van der Waals surface area (Å²) in [5.41, 5.74) is 1.26. The van der Waals surface area contributed by atoms with Crippen molar-refractivity contribution in [2.24, 2.45) is 0 Å². The molecule has 0 saturated heterocycles. The zero-order valence-corrected chi connectivity index (χ0v) is 21.5. The van der Waals surface area contributed by atoms with E-state index in [1.807, 2.05) is 6.92 Å². The molecule has 2 aromatic carbocycles. The molecule has 0 radical (unpaired) electrons. The Morgan fingerprint density at radius 2 is 1.72 bits per heavy atom. The van der Waals surface area contributed by atoms with Crippen molar-refractivity contribution in [3.05, 3.63) is 45.7 Å². The van der Waals surface area contributed by atoms with Gasteiger partial charge < -0.3 is 29.2 Å². The second-order valence-electron chi connectivity index (χ2n) is 8.81. The maximum Gasteiger partial charge on any atom is 0.338 e. The number of methoxy groups -OCH3 is 3. The Morgan fingerprint density at radius 1 is 1.11 bits per heavy atom. The van der Waals surface area contributed by atoms with Crippen LogP contribution in [0.4, 0.5) is 4.39 Å². The summed E-state index contributed by atoms with van der Waals surface area (Å²) >= 11 is 1.03. The minimum absolute atomic E-state index is 0.0142. The summed E-state index contributed by atoms with van der Waals surface area (Å²) < 4.78 is 37.4. The summed E-state index contributed by atoms with van der Waals surface area (Å²) in [5.74, 6) is -0.907. The SMILES string of the molecule is COc1cc([C@@H](O)[C@H](Cc2nc3c(C(=O)O)cc(OC)c(F)c3s2)OC2CCCC2)cc(OC)c1C. The number of carboxylic acids is 1. The first-order valence-electron chi connectivity index (χ1n) is 11.7. The van der Waals surface area contributed by atoms with E-state index in [0.29, 0.717) is 22.1 Å². The maximum absolute atomic E-state index is 15.0. The van der Waals surface area contributed by atoms with Crippen LogP contribution < -0.4 is 14.2 Å². The van der Waals surface area contributed by atoms with Crippen LogP contribution in [0.15, 0.2) is 18.2 Å². The maximum atomic E-state index is 15.0. The van der Waals surface area contributed by atoms with Gasteiger partial charge in [-0.3, -0.25) is 0 Å². The molecule has 1 aliphatic carbocycles. The lowest BCUT2D eigenvalue weighted by Gasteiger charge is -2.27. The minimum atomic E-state index is -1.23. The summed E-state index contributed by atoms with van der Waals surface area (Å²) in [6, 6.07) is 4.63. The molecule has 3 aromatic rings. The summed E-state index contributed by atoms with van der Waals surface area (Å²) in [7, 11) is 4.38. The van der Waals surface area contributed by atoms with Gasteiger partial charge in [0, 0.05) is 12.0 Å². The van der Waals surface area contributed by atoms with Crippen molar-refractivity contribution < 1.29 is 38.3 Å². The fourth-order valence-corrected chi connectivity index (χ4v) is 5.70. The number of hydrogen-bond acceptors (Lipinski definition) is 8. The molecule has 0 aliphatic heterocycles. The number of thiazole rings is 1. The molecular weight excluding hydrogens is 489 g/mol. The number of carboxylic acid groups (broad SMARTS) is 1. The number of benzene rings is 2. The highest BCUT2D eigenvalue weighted by Gasteiger charge is 2.30. The number of rotatable bonds is 10. The molecule has 0 amide bonds. The van der Waals surface area contributed by atoms with Gasteiger partial charge in [-0.2, -0.15) is 0 Å². The van der Waals surface area contributed by atoms with Crippen LogP contribution in [-0.4, -0.2) is 54.7 Å². The highest BCUT2D eigenvalue weighted by atomic mass is 32.1. The van der Waals surface area contributed by atoms with Crippen LogP contribution in [0.3, 0.4) is 0 Å². The van der Waals surface area contributed by atoms with Gasteiger partial charge in [0.1, 0.15) is 17.6 Å². The number of aromatic carboxylic acids is 1.